The van der Waals surface area contributed by atoms with Crippen molar-refractivity contribution in [3.05, 3.63) is 59.7 Å². The number of nitrogens with zero attached hydrogens (tertiary/aromatic N) is 1. The van der Waals surface area contributed by atoms with Gasteiger partial charge in [0, 0.05) is 12.0 Å². The molecule has 36 heavy (non-hydrogen) atoms. The smallest absolute Gasteiger partial charge is 0.181 e. The van der Waals surface area contributed by atoms with Crippen molar-refractivity contribution in [2.45, 2.75) is 90.1 Å². The van der Waals surface area contributed by atoms with Gasteiger partial charge in [0.15, 0.2) is 29.9 Å². The number of phenolic OH excluding ortho intramolecular Hbond substituents is 1. The van der Waals surface area contributed by atoms with E-state index in [4.69, 9.17) is 9.47 Å². The summed E-state index contributed by atoms with van der Waals surface area (Å²) in [5.74, 6) is 1.46. The molecule has 2 aliphatic heterocycles. The highest BCUT2D eigenvalue weighted by molar-refractivity contribution is 5.83. The van der Waals surface area contributed by atoms with Gasteiger partial charge >= 0.3 is 0 Å². The number of aryl methyl sites for hydroxylation is 1. The van der Waals surface area contributed by atoms with Crippen LogP contribution in [-0.2, 0) is 11.2 Å². The van der Waals surface area contributed by atoms with Crippen LogP contribution in [0.1, 0.15) is 64.9 Å². The molecule has 0 fully saturated rings. The Morgan fingerprint density at radius 1 is 1.17 bits per heavy atom. The van der Waals surface area contributed by atoms with Crippen LogP contribution in [0.5, 0.6) is 11.5 Å². The number of aromatic hydroxyl groups is 1. The summed E-state index contributed by atoms with van der Waals surface area (Å²) in [7, 11) is 0. The maximum Gasteiger partial charge on any atom is 0.181 e. The SMILES string of the molecule is CCCCC1[CH-]C=C(CCc2ccc(O)c(OC[C@H](O)[C+]3C=C([C@H](C)CC[C@H](O)[C@H](C)O)C=N3)c2)O1. The minimum Gasteiger partial charge on any atom is -0.592 e. The molecule has 2 aliphatic rings. The van der Waals surface area contributed by atoms with Gasteiger partial charge in [0.05, 0.1) is 18.3 Å². The molecule has 0 saturated heterocycles. The molecule has 0 aliphatic carbocycles. The molecule has 1 unspecified atom stereocenters. The molecule has 0 aromatic heterocycles. The van der Waals surface area contributed by atoms with Gasteiger partial charge in [-0.25, -0.2) is 0 Å². The average molecular weight is 500 g/mol. The number of aliphatic hydroxyl groups is 3. The summed E-state index contributed by atoms with van der Waals surface area (Å²) >= 11 is 0. The van der Waals surface area contributed by atoms with Gasteiger partial charge in [-0.1, -0.05) is 38.0 Å². The lowest BCUT2D eigenvalue weighted by Gasteiger charge is -2.20. The van der Waals surface area contributed by atoms with Crippen molar-refractivity contribution >= 4 is 6.21 Å². The normalized spacial score (nSPS) is 20.3. The zero-order valence-corrected chi connectivity index (χ0v) is 21.6. The molecule has 0 amide bonds. The summed E-state index contributed by atoms with van der Waals surface area (Å²) in [5.41, 5.74) is 1.98. The van der Waals surface area contributed by atoms with E-state index in [0.717, 1.165) is 49.0 Å². The molecule has 198 valence electrons. The van der Waals surface area contributed by atoms with E-state index in [1.165, 1.54) is 0 Å². The van der Waals surface area contributed by atoms with Crippen molar-refractivity contribution in [1.82, 2.24) is 0 Å². The molecule has 0 bridgehead atoms. The second-order valence-corrected chi connectivity index (χ2v) is 9.87. The zero-order chi connectivity index (χ0) is 26.1. The second kappa shape index (κ2) is 13.6. The Morgan fingerprint density at radius 2 is 1.97 bits per heavy atom. The highest BCUT2D eigenvalue weighted by Gasteiger charge is 2.32. The van der Waals surface area contributed by atoms with Crippen LogP contribution in [-0.4, -0.2) is 57.7 Å². The monoisotopic (exact) mass is 499 g/mol. The first-order valence-corrected chi connectivity index (χ1v) is 13.1. The van der Waals surface area contributed by atoms with Crippen molar-refractivity contribution in [3.63, 3.8) is 0 Å². The number of allylic oxidation sites excluding steroid dienone is 2. The molecule has 0 spiro atoms. The highest BCUT2D eigenvalue weighted by Crippen LogP contribution is 2.31. The first-order chi connectivity index (χ1) is 17.3. The van der Waals surface area contributed by atoms with Gasteiger partial charge < -0.3 is 29.9 Å². The first kappa shape index (κ1) is 28.0. The molecule has 1 aromatic rings. The molecule has 4 N–H and O–H groups in total. The lowest BCUT2D eigenvalue weighted by molar-refractivity contribution is 0.0235. The van der Waals surface area contributed by atoms with Crippen molar-refractivity contribution in [2.24, 2.45) is 10.9 Å². The van der Waals surface area contributed by atoms with E-state index in [9.17, 15) is 20.4 Å². The summed E-state index contributed by atoms with van der Waals surface area (Å²) in [5, 5.41) is 40.1. The van der Waals surface area contributed by atoms with Gasteiger partial charge in [0.2, 0.25) is 0 Å². The summed E-state index contributed by atoms with van der Waals surface area (Å²) in [6.07, 6.45) is 11.6. The summed E-state index contributed by atoms with van der Waals surface area (Å²) in [4.78, 5) is 4.32. The molecular weight excluding hydrogens is 458 g/mol. The number of unbranched alkanes of at least 4 members (excludes halogenated alkanes) is 1. The van der Waals surface area contributed by atoms with Gasteiger partial charge in [-0.2, -0.15) is 12.5 Å². The van der Waals surface area contributed by atoms with Gasteiger partial charge in [-0.05, 0) is 57.2 Å². The number of aliphatic hydroxyl groups excluding tert-OH is 3. The fourth-order valence-electron chi connectivity index (χ4n) is 4.22. The van der Waals surface area contributed by atoms with E-state index in [0.29, 0.717) is 24.6 Å². The summed E-state index contributed by atoms with van der Waals surface area (Å²) < 4.78 is 11.7. The Bertz CT molecular complexity index is 924. The van der Waals surface area contributed by atoms with Crippen LogP contribution in [0, 0.1) is 18.4 Å². The molecule has 1 aromatic carbocycles. The van der Waals surface area contributed by atoms with Crippen LogP contribution >= 0.6 is 0 Å². The topological polar surface area (TPSA) is 112 Å². The number of benzene rings is 1. The zero-order valence-electron chi connectivity index (χ0n) is 21.6. The summed E-state index contributed by atoms with van der Waals surface area (Å²) in [6.45, 7) is 5.74. The largest absolute Gasteiger partial charge is 0.592 e. The standard InChI is InChI=1S/C29H41NO6/c1-4-5-6-23-11-12-24(36-23)10-8-21-9-14-27(33)29(15-21)35-18-28(34)25-16-22(17-30-25)19(2)7-13-26(32)20(3)31/h9,11-12,14-17,19-20,23,26,28,31-34H,4-8,10,13,18H2,1-3H3/t19-,20+,23?,26+,28+/m1/s1. The third kappa shape index (κ3) is 8.22. The predicted molar refractivity (Wildman–Crippen MR) is 141 cm³/mol. The third-order valence-electron chi connectivity index (χ3n) is 6.76. The van der Waals surface area contributed by atoms with Gasteiger partial charge in [-0.3, -0.25) is 0 Å². The van der Waals surface area contributed by atoms with Crippen LogP contribution in [0.4, 0.5) is 0 Å². The molecule has 0 saturated carbocycles. The lowest BCUT2D eigenvalue weighted by Crippen LogP contribution is -2.23. The van der Waals surface area contributed by atoms with E-state index in [1.807, 2.05) is 19.1 Å². The number of rotatable bonds is 15. The Balaban J connectivity index is 1.46. The van der Waals surface area contributed by atoms with E-state index >= 15 is 0 Å². The van der Waals surface area contributed by atoms with Crippen molar-refractivity contribution in [1.29, 1.82) is 0 Å². The summed E-state index contributed by atoms with van der Waals surface area (Å²) in [6, 6.07) is 5.78. The number of aliphatic imine (C=N–C) groups is 1. The quantitative estimate of drug-likeness (QED) is 0.266. The Morgan fingerprint density at radius 3 is 2.72 bits per heavy atom. The van der Waals surface area contributed by atoms with E-state index in [2.05, 4.69) is 24.4 Å². The van der Waals surface area contributed by atoms with Gasteiger partial charge in [0.25, 0.3) is 0 Å². The second-order valence-electron chi connectivity index (χ2n) is 9.87. The van der Waals surface area contributed by atoms with Crippen molar-refractivity contribution < 1.29 is 29.9 Å². The van der Waals surface area contributed by atoms with E-state index < -0.39 is 18.3 Å². The number of phenols is 1. The lowest BCUT2D eigenvalue weighted by atomic mass is 9.93. The van der Waals surface area contributed by atoms with Crippen LogP contribution in [0.15, 0.2) is 46.7 Å². The molecule has 3 rings (SSSR count). The average Bonchev–Trinajstić information content (AvgIpc) is 3.54. The molecule has 0 radical (unpaired) electrons. The molecule has 5 atom stereocenters. The van der Waals surface area contributed by atoms with Crippen LogP contribution < -0.4 is 4.74 Å². The van der Waals surface area contributed by atoms with E-state index in [-0.39, 0.29) is 24.4 Å². The van der Waals surface area contributed by atoms with Crippen molar-refractivity contribution in [3.8, 4) is 11.5 Å². The van der Waals surface area contributed by atoms with E-state index in [1.54, 1.807) is 25.3 Å². The molecule has 2 heterocycles. The Labute approximate surface area is 215 Å². The predicted octanol–water partition coefficient (Wildman–Crippen LogP) is 4.44. The van der Waals surface area contributed by atoms with Crippen LogP contribution in [0.25, 0.3) is 0 Å². The molecule has 7 nitrogen and oxygen atoms in total. The Kier molecular flexibility index (Phi) is 10.6. The Hall–Kier alpha value is -2.61. The molecule has 7 heteroatoms. The minimum absolute atomic E-state index is 0.0247. The number of ether oxygens (including phenoxy) is 2. The van der Waals surface area contributed by atoms with Crippen LogP contribution in [0.2, 0.25) is 0 Å². The van der Waals surface area contributed by atoms with Gasteiger partial charge in [-0.15, -0.1) is 4.99 Å². The first-order valence-electron chi connectivity index (χ1n) is 13.1. The minimum atomic E-state index is -0.940. The van der Waals surface area contributed by atoms with Crippen molar-refractivity contribution in [2.75, 3.05) is 6.61 Å². The fourth-order valence-corrected chi connectivity index (χ4v) is 4.22. The third-order valence-corrected chi connectivity index (χ3v) is 6.76. The maximum atomic E-state index is 10.6. The fraction of sp³-hybridized carbons (Fsp3) is 0.552. The highest BCUT2D eigenvalue weighted by atomic mass is 16.5. The number of hydrogen-bond acceptors (Lipinski definition) is 7. The van der Waals surface area contributed by atoms with Gasteiger partial charge in [0.1, 0.15) is 12.2 Å². The van der Waals surface area contributed by atoms with Crippen LogP contribution in [0.3, 0.4) is 0 Å². The molecular formula is C29H41NO6. The number of hydrogen-bond donors (Lipinski definition) is 4. The maximum absolute atomic E-state index is 10.6.